The van der Waals surface area contributed by atoms with E-state index in [0.29, 0.717) is 10.7 Å². The number of Topliss-reactive ketones (excluding diaryl/α,β-unsaturated/α-hetero) is 2. The highest BCUT2D eigenvalue weighted by atomic mass is 32.1. The van der Waals surface area contributed by atoms with Crippen LogP contribution in [0.3, 0.4) is 0 Å². The second-order valence-electron chi connectivity index (χ2n) is 12.1. The number of carbonyl (C=O) groups excluding carboxylic acids is 3. The number of aliphatic hydroxyl groups excluding tert-OH is 3. The van der Waals surface area contributed by atoms with Crippen LogP contribution in [-0.4, -0.2) is 91.8 Å². The SMILES string of the molecule is CNC(=O)C1=C(O)[C@@]2(O)C(=O)C3=C(O)c4c(ccc(Nc5nc(-c6ccccc6)c(C)s5)c4O)[C@H](C)[C@H]3[C@H](O)[C@H]2[C@H](N(C)C)C1=O. The predicted octanol–water partition coefficient (Wildman–Crippen LogP) is 2.93. The molecule has 0 bridgehead atoms. The molecule has 6 atom stereocenters. The van der Waals surface area contributed by atoms with Gasteiger partial charge in [0.05, 0.1) is 35.0 Å². The first-order chi connectivity index (χ1) is 21.7. The van der Waals surface area contributed by atoms with Gasteiger partial charge in [0.2, 0.25) is 5.78 Å². The lowest BCUT2D eigenvalue weighted by Gasteiger charge is -2.53. The Kier molecular flexibility index (Phi) is 7.55. The summed E-state index contributed by atoms with van der Waals surface area (Å²) in [6.07, 6.45) is -1.64. The first-order valence-electron chi connectivity index (χ1n) is 14.7. The number of phenolic OH excluding ortho intramolecular Hbond substituents is 1. The van der Waals surface area contributed by atoms with E-state index in [9.17, 15) is 39.9 Å². The quantitative estimate of drug-likeness (QED) is 0.159. The van der Waals surface area contributed by atoms with Gasteiger partial charge in [-0.1, -0.05) is 43.3 Å². The first kappa shape index (κ1) is 31.4. The summed E-state index contributed by atoms with van der Waals surface area (Å²) in [6.45, 7) is 3.62. The number of hydrogen-bond donors (Lipinski definition) is 7. The van der Waals surface area contributed by atoms with Crippen molar-refractivity contribution in [1.29, 1.82) is 0 Å². The maximum atomic E-state index is 14.3. The van der Waals surface area contributed by atoms with Gasteiger partial charge < -0.3 is 36.2 Å². The lowest BCUT2D eigenvalue weighted by molar-refractivity contribution is -0.169. The van der Waals surface area contributed by atoms with E-state index in [0.717, 1.165) is 16.1 Å². The molecule has 1 saturated carbocycles. The molecule has 1 amide bonds. The maximum absolute atomic E-state index is 14.3. The Morgan fingerprint density at radius 1 is 1.07 bits per heavy atom. The van der Waals surface area contributed by atoms with E-state index in [-0.39, 0.29) is 11.3 Å². The van der Waals surface area contributed by atoms with Gasteiger partial charge >= 0.3 is 0 Å². The summed E-state index contributed by atoms with van der Waals surface area (Å²) >= 11 is 1.36. The van der Waals surface area contributed by atoms with Gasteiger partial charge in [-0.05, 0) is 38.6 Å². The third kappa shape index (κ3) is 4.30. The number of aromatic hydroxyl groups is 1. The highest BCUT2D eigenvalue weighted by Crippen LogP contribution is 2.57. The van der Waals surface area contributed by atoms with Crippen molar-refractivity contribution in [2.45, 2.75) is 37.5 Å². The third-order valence-corrected chi connectivity index (χ3v) is 10.3. The number of nitrogens with zero attached hydrogens (tertiary/aromatic N) is 2. The number of thiazole rings is 1. The number of aromatic nitrogens is 1. The number of nitrogens with one attached hydrogen (secondary N) is 2. The second-order valence-corrected chi connectivity index (χ2v) is 13.3. The molecule has 1 heterocycles. The number of aryl methyl sites for hydroxylation is 1. The monoisotopic (exact) mass is 646 g/mol. The largest absolute Gasteiger partial charge is 0.508 e. The number of rotatable bonds is 5. The predicted molar refractivity (Wildman–Crippen MR) is 171 cm³/mol. The van der Waals surface area contributed by atoms with Gasteiger partial charge in [-0.15, -0.1) is 11.3 Å². The Balaban J connectivity index is 1.48. The van der Waals surface area contributed by atoms with Crippen LogP contribution in [-0.2, 0) is 14.4 Å². The van der Waals surface area contributed by atoms with E-state index in [2.05, 4.69) is 15.6 Å². The molecule has 0 saturated heterocycles. The molecule has 3 aromatic rings. The van der Waals surface area contributed by atoms with Crippen molar-refractivity contribution in [2.75, 3.05) is 26.5 Å². The Bertz CT molecular complexity index is 1870. The molecule has 7 N–H and O–H groups in total. The van der Waals surface area contributed by atoms with E-state index < -0.39 is 81.4 Å². The van der Waals surface area contributed by atoms with E-state index in [1.807, 2.05) is 37.3 Å². The number of benzene rings is 2. The number of phenols is 1. The van der Waals surface area contributed by atoms with Gasteiger partial charge in [-0.2, -0.15) is 0 Å². The van der Waals surface area contributed by atoms with Crippen LogP contribution in [0.5, 0.6) is 5.75 Å². The van der Waals surface area contributed by atoms with Crippen LogP contribution in [0.25, 0.3) is 17.0 Å². The summed E-state index contributed by atoms with van der Waals surface area (Å²) in [7, 11) is 4.21. The smallest absolute Gasteiger partial charge is 0.258 e. The maximum Gasteiger partial charge on any atom is 0.258 e. The van der Waals surface area contributed by atoms with Crippen molar-refractivity contribution < 1.29 is 39.9 Å². The summed E-state index contributed by atoms with van der Waals surface area (Å²) in [5.41, 5.74) is -1.97. The van der Waals surface area contributed by atoms with Crippen molar-refractivity contribution in [3.05, 3.63) is 75.4 Å². The molecule has 13 heteroatoms. The lowest BCUT2D eigenvalue weighted by atomic mass is 9.54. The van der Waals surface area contributed by atoms with Crippen LogP contribution in [0.1, 0.15) is 28.8 Å². The molecular weight excluding hydrogens is 612 g/mol. The van der Waals surface area contributed by atoms with E-state index in [1.165, 1.54) is 37.4 Å². The molecule has 2 aromatic carbocycles. The van der Waals surface area contributed by atoms with Gasteiger partial charge in [-0.25, -0.2) is 4.98 Å². The highest BCUT2D eigenvalue weighted by Gasteiger charge is 2.68. The molecule has 3 aliphatic carbocycles. The number of likely N-dealkylation sites (N-methyl/N-ethyl adjacent to an activating group) is 2. The van der Waals surface area contributed by atoms with E-state index in [1.54, 1.807) is 19.1 Å². The topological polar surface area (TPSA) is 193 Å². The number of aliphatic hydroxyl groups is 4. The van der Waals surface area contributed by atoms with Gasteiger partial charge in [0, 0.05) is 29.0 Å². The number of fused-ring (bicyclic) bond motifs is 3. The molecule has 240 valence electrons. The Hall–Kier alpha value is -4.56. The van der Waals surface area contributed by atoms with Gasteiger partial charge in [0.1, 0.15) is 22.8 Å². The van der Waals surface area contributed by atoms with Gasteiger partial charge in [-0.3, -0.25) is 19.3 Å². The summed E-state index contributed by atoms with van der Waals surface area (Å²) in [5, 5.41) is 64.0. The normalized spacial score (nSPS) is 27.3. The number of amides is 1. The third-order valence-electron chi connectivity index (χ3n) is 9.42. The van der Waals surface area contributed by atoms with Crippen molar-refractivity contribution >= 4 is 45.4 Å². The molecule has 0 unspecified atom stereocenters. The van der Waals surface area contributed by atoms with Gasteiger partial charge in [0.15, 0.2) is 16.5 Å². The summed E-state index contributed by atoms with van der Waals surface area (Å²) in [5.74, 6) is -8.75. The standard InChI is InChI=1S/C33H34N4O8S/c1-13-16-11-12-17(35-32-36-23(14(2)46-32)15-9-7-6-8-10-15)25(38)19(16)26(39)20-18(13)27(40)22-24(37(4)5)28(41)21(31(44)34-3)30(43)33(22,45)29(20)42/h6-13,18,22,24,27,38-40,43,45H,1-5H3,(H,34,44)(H,35,36)/t13-,18+,22+,24-,27-,33-/m0/s1. The van der Waals surface area contributed by atoms with E-state index >= 15 is 0 Å². The molecular formula is C33H34N4O8S. The van der Waals surface area contributed by atoms with Crippen molar-refractivity contribution in [2.24, 2.45) is 11.8 Å². The molecule has 0 radical (unpaired) electrons. The van der Waals surface area contributed by atoms with Gasteiger partial charge in [0.25, 0.3) is 5.91 Å². The molecule has 0 spiro atoms. The Morgan fingerprint density at radius 3 is 2.37 bits per heavy atom. The van der Waals surface area contributed by atoms with Crippen LogP contribution >= 0.6 is 11.3 Å². The molecule has 1 aromatic heterocycles. The average Bonchev–Trinajstić information content (AvgIpc) is 3.39. The minimum Gasteiger partial charge on any atom is -0.508 e. The molecule has 46 heavy (non-hydrogen) atoms. The summed E-state index contributed by atoms with van der Waals surface area (Å²) in [4.78, 5) is 47.5. The minimum atomic E-state index is -2.93. The number of anilines is 2. The van der Waals surface area contributed by atoms with Crippen molar-refractivity contribution in [3.8, 4) is 17.0 Å². The molecule has 3 aliphatic rings. The zero-order valence-electron chi connectivity index (χ0n) is 25.7. The number of ketones is 2. The van der Waals surface area contributed by atoms with Crippen LogP contribution in [0.15, 0.2) is 59.4 Å². The Morgan fingerprint density at radius 2 is 1.74 bits per heavy atom. The zero-order chi connectivity index (χ0) is 33.4. The van der Waals surface area contributed by atoms with Crippen LogP contribution in [0, 0.1) is 18.8 Å². The molecule has 0 aliphatic heterocycles. The van der Waals surface area contributed by atoms with Crippen molar-refractivity contribution in [1.82, 2.24) is 15.2 Å². The minimum absolute atomic E-state index is 0.0889. The highest BCUT2D eigenvalue weighted by molar-refractivity contribution is 7.16. The zero-order valence-corrected chi connectivity index (χ0v) is 26.5. The fraction of sp³-hybridized carbons (Fsp3) is 0.333. The fourth-order valence-corrected chi connectivity index (χ4v) is 8.10. The second kappa shape index (κ2) is 11.1. The van der Waals surface area contributed by atoms with Crippen LogP contribution < -0.4 is 10.6 Å². The molecule has 6 rings (SSSR count). The van der Waals surface area contributed by atoms with E-state index in [4.69, 9.17) is 0 Å². The molecule has 1 fully saturated rings. The van der Waals surface area contributed by atoms with Crippen LogP contribution in [0.4, 0.5) is 10.8 Å². The fourth-order valence-electron chi connectivity index (χ4n) is 7.25. The summed E-state index contributed by atoms with van der Waals surface area (Å²) < 4.78 is 0. The number of hydrogen-bond acceptors (Lipinski definition) is 12. The van der Waals surface area contributed by atoms with Crippen LogP contribution in [0.2, 0.25) is 0 Å². The lowest BCUT2D eigenvalue weighted by Crippen LogP contribution is -2.70. The Labute approximate surface area is 268 Å². The van der Waals surface area contributed by atoms with Crippen molar-refractivity contribution in [3.63, 3.8) is 0 Å². The first-order valence-corrected chi connectivity index (χ1v) is 15.5. The number of carbonyl (C=O) groups is 3. The average molecular weight is 647 g/mol. The summed E-state index contributed by atoms with van der Waals surface area (Å²) in [6, 6.07) is 11.5. The molecule has 12 nitrogen and oxygen atoms in total.